The lowest BCUT2D eigenvalue weighted by molar-refractivity contribution is 0.0946. The van der Waals surface area contributed by atoms with Crippen LogP contribution in [0.3, 0.4) is 0 Å². The van der Waals surface area contributed by atoms with Crippen molar-refractivity contribution >= 4 is 11.6 Å². The van der Waals surface area contributed by atoms with Gasteiger partial charge in [0.1, 0.15) is 5.69 Å². The Kier molecular flexibility index (Phi) is 5.36. The second-order valence-electron chi connectivity index (χ2n) is 6.17. The van der Waals surface area contributed by atoms with Gasteiger partial charge < -0.3 is 14.6 Å². The molecule has 1 N–H and O–H groups in total. The molecular weight excluding hydrogens is 330 g/mol. The summed E-state index contributed by atoms with van der Waals surface area (Å²) in [7, 11) is 1.99. The Balaban J connectivity index is 1.67. The number of hydrogen-bond donors (Lipinski definition) is 1. The summed E-state index contributed by atoms with van der Waals surface area (Å²) >= 11 is 0. The van der Waals surface area contributed by atoms with E-state index in [0.717, 1.165) is 29.1 Å². The second kappa shape index (κ2) is 7.86. The third-order valence-corrected chi connectivity index (χ3v) is 4.23. The molecule has 0 aliphatic carbocycles. The largest absolute Gasteiger partial charge is 0.472 e. The van der Waals surface area contributed by atoms with Crippen LogP contribution in [0.4, 0.5) is 5.69 Å². The third kappa shape index (κ3) is 4.11. The van der Waals surface area contributed by atoms with Gasteiger partial charge in [0.15, 0.2) is 0 Å². The number of aryl methyl sites for hydroxylation is 2. The first-order valence-corrected chi connectivity index (χ1v) is 8.56. The van der Waals surface area contributed by atoms with Crippen LogP contribution < -0.4 is 10.2 Å². The zero-order chi connectivity index (χ0) is 18.5. The molecule has 0 aliphatic rings. The number of carbonyl (C=O) groups excluding carboxylic acids is 1. The van der Waals surface area contributed by atoms with Crippen molar-refractivity contribution < 1.29 is 9.21 Å². The number of hydrogen-bond acceptors (Lipinski definition) is 5. The van der Waals surface area contributed by atoms with Crippen LogP contribution in [-0.2, 0) is 19.6 Å². The van der Waals surface area contributed by atoms with Crippen LogP contribution in [-0.4, -0.2) is 27.7 Å². The monoisotopic (exact) mass is 353 g/mol. The van der Waals surface area contributed by atoms with Gasteiger partial charge in [-0.15, -0.1) is 0 Å². The quantitative estimate of drug-likeness (QED) is 0.707. The number of aromatic nitrogens is 3. The summed E-state index contributed by atoms with van der Waals surface area (Å²) in [6.45, 7) is 6.05. The van der Waals surface area contributed by atoms with Crippen LogP contribution in [0.1, 0.15) is 34.2 Å². The summed E-state index contributed by atoms with van der Waals surface area (Å²) in [5.74, 6) is -0.212. The standard InChI is InChI=1S/C19H23N5O2/c1-4-24-12-16(14(2)22-24)11-23(3)17-5-7-20-18(9-17)19(25)21-10-15-6-8-26-13-15/h5-9,12-13H,4,10-11H2,1-3H3,(H,21,25). The van der Waals surface area contributed by atoms with E-state index in [1.807, 2.05) is 30.8 Å². The SMILES string of the molecule is CCn1cc(CN(C)c2ccnc(C(=O)NCc3ccoc3)c2)c(C)n1. The molecule has 7 heteroatoms. The number of nitrogens with one attached hydrogen (secondary N) is 1. The van der Waals surface area contributed by atoms with Gasteiger partial charge in [0.25, 0.3) is 5.91 Å². The van der Waals surface area contributed by atoms with Crippen molar-refractivity contribution in [3.05, 3.63) is 65.6 Å². The molecular formula is C19H23N5O2. The van der Waals surface area contributed by atoms with E-state index in [0.29, 0.717) is 18.8 Å². The molecule has 0 aromatic carbocycles. The van der Waals surface area contributed by atoms with E-state index in [4.69, 9.17) is 4.42 Å². The van der Waals surface area contributed by atoms with Gasteiger partial charge in [0, 0.05) is 55.9 Å². The highest BCUT2D eigenvalue weighted by Gasteiger charge is 2.12. The number of pyridine rings is 1. The van der Waals surface area contributed by atoms with Gasteiger partial charge in [0.2, 0.25) is 0 Å². The van der Waals surface area contributed by atoms with Gasteiger partial charge in [-0.05, 0) is 32.0 Å². The first-order valence-electron chi connectivity index (χ1n) is 8.56. The van der Waals surface area contributed by atoms with E-state index in [-0.39, 0.29) is 5.91 Å². The molecule has 0 aliphatic heterocycles. The Morgan fingerprint density at radius 1 is 1.38 bits per heavy atom. The fourth-order valence-electron chi connectivity index (χ4n) is 2.67. The molecule has 3 heterocycles. The normalized spacial score (nSPS) is 10.7. The average Bonchev–Trinajstić information content (AvgIpc) is 3.29. The summed E-state index contributed by atoms with van der Waals surface area (Å²) in [6.07, 6.45) is 6.90. The van der Waals surface area contributed by atoms with Crippen molar-refractivity contribution in [3.63, 3.8) is 0 Å². The van der Waals surface area contributed by atoms with Crippen molar-refractivity contribution in [2.75, 3.05) is 11.9 Å². The zero-order valence-corrected chi connectivity index (χ0v) is 15.3. The summed E-state index contributed by atoms with van der Waals surface area (Å²) in [4.78, 5) is 18.6. The van der Waals surface area contributed by atoms with Crippen molar-refractivity contribution in [1.82, 2.24) is 20.1 Å². The minimum absolute atomic E-state index is 0.212. The van der Waals surface area contributed by atoms with Crippen LogP contribution in [0.15, 0.2) is 47.5 Å². The van der Waals surface area contributed by atoms with Gasteiger partial charge >= 0.3 is 0 Å². The second-order valence-corrected chi connectivity index (χ2v) is 6.17. The van der Waals surface area contributed by atoms with E-state index in [2.05, 4.69) is 33.4 Å². The molecule has 3 rings (SSSR count). The first kappa shape index (κ1) is 17.7. The number of furan rings is 1. The Morgan fingerprint density at radius 2 is 2.23 bits per heavy atom. The summed E-state index contributed by atoms with van der Waals surface area (Å²) in [6, 6.07) is 5.51. The van der Waals surface area contributed by atoms with Crippen LogP contribution in [0.5, 0.6) is 0 Å². The highest BCUT2D eigenvalue weighted by molar-refractivity contribution is 5.93. The average molecular weight is 353 g/mol. The lowest BCUT2D eigenvalue weighted by atomic mass is 10.2. The molecule has 0 saturated heterocycles. The van der Waals surface area contributed by atoms with Crippen molar-refractivity contribution in [1.29, 1.82) is 0 Å². The minimum Gasteiger partial charge on any atom is -0.472 e. The van der Waals surface area contributed by atoms with Gasteiger partial charge in [-0.2, -0.15) is 5.10 Å². The number of anilines is 1. The maximum absolute atomic E-state index is 12.3. The number of rotatable bonds is 7. The molecule has 26 heavy (non-hydrogen) atoms. The molecule has 0 spiro atoms. The van der Waals surface area contributed by atoms with Crippen LogP contribution in [0, 0.1) is 6.92 Å². The van der Waals surface area contributed by atoms with E-state index in [9.17, 15) is 4.79 Å². The molecule has 7 nitrogen and oxygen atoms in total. The highest BCUT2D eigenvalue weighted by atomic mass is 16.3. The van der Waals surface area contributed by atoms with Crippen LogP contribution in [0.2, 0.25) is 0 Å². The minimum atomic E-state index is -0.212. The summed E-state index contributed by atoms with van der Waals surface area (Å²) in [5.41, 5.74) is 4.41. The van der Waals surface area contributed by atoms with Gasteiger partial charge in [-0.3, -0.25) is 14.5 Å². The predicted octanol–water partition coefficient (Wildman–Crippen LogP) is 2.77. The lowest BCUT2D eigenvalue weighted by Gasteiger charge is -2.19. The van der Waals surface area contributed by atoms with Crippen LogP contribution in [0.25, 0.3) is 0 Å². The maximum atomic E-state index is 12.3. The van der Waals surface area contributed by atoms with Gasteiger partial charge in [0.05, 0.1) is 18.2 Å². The third-order valence-electron chi connectivity index (χ3n) is 4.23. The molecule has 0 unspecified atom stereocenters. The number of amides is 1. The fourth-order valence-corrected chi connectivity index (χ4v) is 2.67. The van der Waals surface area contributed by atoms with Crippen molar-refractivity contribution in [2.24, 2.45) is 0 Å². The van der Waals surface area contributed by atoms with Crippen LogP contribution >= 0.6 is 0 Å². The maximum Gasteiger partial charge on any atom is 0.270 e. The molecule has 1 amide bonds. The number of nitrogens with zero attached hydrogens (tertiary/aromatic N) is 4. The molecule has 0 atom stereocenters. The molecule has 0 fully saturated rings. The molecule has 3 aromatic heterocycles. The smallest absolute Gasteiger partial charge is 0.270 e. The molecule has 0 radical (unpaired) electrons. The van der Waals surface area contributed by atoms with Gasteiger partial charge in [-0.25, -0.2) is 0 Å². The number of carbonyl (C=O) groups is 1. The zero-order valence-electron chi connectivity index (χ0n) is 15.3. The molecule has 0 saturated carbocycles. The predicted molar refractivity (Wildman–Crippen MR) is 98.9 cm³/mol. The first-order chi connectivity index (χ1) is 12.6. The van der Waals surface area contributed by atoms with E-state index in [1.165, 1.54) is 0 Å². The Bertz CT molecular complexity index is 870. The van der Waals surface area contributed by atoms with Crippen molar-refractivity contribution in [3.8, 4) is 0 Å². The summed E-state index contributed by atoms with van der Waals surface area (Å²) < 4.78 is 6.93. The van der Waals surface area contributed by atoms with E-state index >= 15 is 0 Å². The van der Waals surface area contributed by atoms with E-state index < -0.39 is 0 Å². The topological polar surface area (TPSA) is 76.2 Å². The van der Waals surface area contributed by atoms with Gasteiger partial charge in [-0.1, -0.05) is 0 Å². The fraction of sp³-hybridized carbons (Fsp3) is 0.316. The summed E-state index contributed by atoms with van der Waals surface area (Å²) in [5, 5.41) is 7.32. The molecule has 136 valence electrons. The Labute approximate surface area is 152 Å². The molecule has 3 aromatic rings. The highest BCUT2D eigenvalue weighted by Crippen LogP contribution is 2.17. The molecule has 0 bridgehead atoms. The van der Waals surface area contributed by atoms with E-state index in [1.54, 1.807) is 24.8 Å². The Morgan fingerprint density at radius 3 is 2.92 bits per heavy atom. The lowest BCUT2D eigenvalue weighted by Crippen LogP contribution is -2.24. The Hall–Kier alpha value is -3.09. The van der Waals surface area contributed by atoms with Crippen molar-refractivity contribution in [2.45, 2.75) is 33.5 Å².